The fourth-order valence-corrected chi connectivity index (χ4v) is 5.72. The lowest BCUT2D eigenvalue weighted by Gasteiger charge is -2.35. The largest absolute Gasteiger partial charge is 0.352 e. The molecule has 0 saturated carbocycles. The summed E-state index contributed by atoms with van der Waals surface area (Å²) in [5, 5.41) is 0.995. The molecule has 0 unspecified atom stereocenters. The molecule has 10 heteroatoms. The topological polar surface area (TPSA) is 73.8 Å². The molecule has 0 bridgehead atoms. The van der Waals surface area contributed by atoms with Crippen molar-refractivity contribution in [3.63, 3.8) is 0 Å². The summed E-state index contributed by atoms with van der Waals surface area (Å²) in [5.74, 6) is 0.766. The first-order valence-electron chi connectivity index (χ1n) is 10.7. The Morgan fingerprint density at radius 3 is 2.25 bits per heavy atom. The molecule has 1 aliphatic rings. The van der Waals surface area contributed by atoms with Gasteiger partial charge in [-0.25, -0.2) is 13.4 Å². The highest BCUT2D eigenvalue weighted by Crippen LogP contribution is 2.27. The fraction of sp³-hybridized carbons (Fsp3) is 0.455. The van der Waals surface area contributed by atoms with Crippen molar-refractivity contribution in [3.8, 4) is 0 Å². The number of anilines is 1. The van der Waals surface area contributed by atoms with E-state index >= 15 is 0 Å². The van der Waals surface area contributed by atoms with E-state index in [0.717, 1.165) is 5.56 Å². The first kappa shape index (κ1) is 24.8. The molecule has 2 aromatic rings. The van der Waals surface area contributed by atoms with Crippen LogP contribution < -0.4 is 4.90 Å². The number of piperazine rings is 1. The van der Waals surface area contributed by atoms with Crippen LogP contribution in [0.4, 0.5) is 5.82 Å². The van der Waals surface area contributed by atoms with Crippen LogP contribution in [0, 0.1) is 0 Å². The summed E-state index contributed by atoms with van der Waals surface area (Å²) in [4.78, 5) is 21.2. The van der Waals surface area contributed by atoms with Crippen molar-refractivity contribution < 1.29 is 13.2 Å². The minimum atomic E-state index is -3.47. The Labute approximate surface area is 200 Å². The fourth-order valence-electron chi connectivity index (χ4n) is 3.76. The van der Waals surface area contributed by atoms with Crippen LogP contribution in [0.3, 0.4) is 0 Å². The zero-order valence-electron chi connectivity index (χ0n) is 18.3. The van der Waals surface area contributed by atoms with E-state index in [4.69, 9.17) is 23.2 Å². The van der Waals surface area contributed by atoms with E-state index in [-0.39, 0.29) is 10.8 Å². The Bertz CT molecular complexity index is 1040. The van der Waals surface area contributed by atoms with Gasteiger partial charge in [-0.05, 0) is 30.2 Å². The third-order valence-corrected chi connectivity index (χ3v) is 8.16. The van der Waals surface area contributed by atoms with Gasteiger partial charge in [-0.3, -0.25) is 4.79 Å². The average Bonchev–Trinajstić information content (AvgIpc) is 2.78. The maximum atomic E-state index is 12.7. The van der Waals surface area contributed by atoms with Gasteiger partial charge in [0.15, 0.2) is 0 Å². The highest BCUT2D eigenvalue weighted by Gasteiger charge is 2.24. The van der Waals surface area contributed by atoms with Crippen molar-refractivity contribution in [2.75, 3.05) is 44.2 Å². The zero-order valence-corrected chi connectivity index (χ0v) is 20.6. The van der Waals surface area contributed by atoms with Gasteiger partial charge in [0.2, 0.25) is 15.9 Å². The predicted octanol–water partition coefficient (Wildman–Crippen LogP) is 3.70. The number of hydrogen-bond acceptors (Lipinski definition) is 5. The number of benzene rings is 1. The van der Waals surface area contributed by atoms with Crippen molar-refractivity contribution >= 4 is 45.0 Å². The Hall–Kier alpha value is -1.87. The third-order valence-electron chi connectivity index (χ3n) is 5.61. The summed E-state index contributed by atoms with van der Waals surface area (Å²) in [6.45, 7) is 7.01. The lowest BCUT2D eigenvalue weighted by Crippen LogP contribution is -2.49. The van der Waals surface area contributed by atoms with Crippen LogP contribution in [-0.2, 0) is 21.2 Å². The summed E-state index contributed by atoms with van der Waals surface area (Å²) >= 11 is 12.2. The van der Waals surface area contributed by atoms with E-state index in [2.05, 4.69) is 9.88 Å². The summed E-state index contributed by atoms with van der Waals surface area (Å²) in [7, 11) is -3.47. The van der Waals surface area contributed by atoms with E-state index in [0.29, 0.717) is 68.0 Å². The zero-order chi connectivity index (χ0) is 23.3. The van der Waals surface area contributed by atoms with Crippen LogP contribution in [0.25, 0.3) is 0 Å². The molecule has 174 valence electrons. The van der Waals surface area contributed by atoms with Crippen LogP contribution in [0.15, 0.2) is 41.4 Å². The number of amides is 1. The molecule has 1 aromatic heterocycles. The molecule has 1 aliphatic heterocycles. The first-order valence-corrected chi connectivity index (χ1v) is 12.9. The average molecular weight is 499 g/mol. The molecule has 32 heavy (non-hydrogen) atoms. The predicted molar refractivity (Wildman–Crippen MR) is 128 cm³/mol. The number of hydrogen-bond donors (Lipinski definition) is 0. The third kappa shape index (κ3) is 5.73. The molecule has 3 rings (SSSR count). The van der Waals surface area contributed by atoms with Gasteiger partial charge in [-0.2, -0.15) is 4.31 Å². The van der Waals surface area contributed by atoms with Gasteiger partial charge in [0.05, 0.1) is 14.9 Å². The Kier molecular flexibility index (Phi) is 8.38. The SMILES string of the molecule is CCN(CC)S(=O)(=O)c1ccc(CCC(=O)N2CCN(c3ncc(Cl)cc3Cl)CC2)cc1. The van der Waals surface area contributed by atoms with Crippen molar-refractivity contribution in [2.45, 2.75) is 31.6 Å². The summed E-state index contributed by atoms with van der Waals surface area (Å²) in [6, 6.07) is 8.48. The first-order chi connectivity index (χ1) is 15.3. The number of carbonyl (C=O) groups is 1. The number of aryl methyl sites for hydroxylation is 1. The van der Waals surface area contributed by atoms with Gasteiger partial charge in [0.1, 0.15) is 5.82 Å². The molecule has 2 heterocycles. The van der Waals surface area contributed by atoms with Gasteiger partial charge < -0.3 is 9.80 Å². The molecule has 1 saturated heterocycles. The van der Waals surface area contributed by atoms with Crippen LogP contribution in [0.1, 0.15) is 25.8 Å². The lowest BCUT2D eigenvalue weighted by molar-refractivity contribution is -0.131. The summed E-state index contributed by atoms with van der Waals surface area (Å²) in [5.41, 5.74) is 0.938. The number of pyridine rings is 1. The number of rotatable bonds is 8. The smallest absolute Gasteiger partial charge is 0.243 e. The second kappa shape index (κ2) is 10.8. The molecular weight excluding hydrogens is 471 g/mol. The molecule has 7 nitrogen and oxygen atoms in total. The van der Waals surface area contributed by atoms with Crippen LogP contribution in [0.5, 0.6) is 0 Å². The van der Waals surface area contributed by atoms with Gasteiger partial charge in [-0.1, -0.05) is 49.2 Å². The molecule has 1 aromatic carbocycles. The van der Waals surface area contributed by atoms with Crippen molar-refractivity contribution in [2.24, 2.45) is 0 Å². The number of aromatic nitrogens is 1. The van der Waals surface area contributed by atoms with Crippen LogP contribution in [-0.4, -0.2) is 67.8 Å². The molecule has 1 fully saturated rings. The van der Waals surface area contributed by atoms with Crippen molar-refractivity contribution in [1.82, 2.24) is 14.2 Å². The standard InChI is InChI=1S/C22H28Cl2N4O3S/c1-3-28(4-2)32(30,31)19-8-5-17(6-9-19)7-10-21(29)26-11-13-27(14-12-26)22-20(24)15-18(23)16-25-22/h5-6,8-9,15-16H,3-4,7,10-14H2,1-2H3. The maximum absolute atomic E-state index is 12.7. The number of halogens is 2. The molecule has 0 atom stereocenters. The normalized spacial score (nSPS) is 14.8. The second-order valence-electron chi connectivity index (χ2n) is 7.56. The van der Waals surface area contributed by atoms with Gasteiger partial charge in [0.25, 0.3) is 0 Å². The van der Waals surface area contributed by atoms with E-state index in [1.807, 2.05) is 18.7 Å². The molecule has 0 aliphatic carbocycles. The maximum Gasteiger partial charge on any atom is 0.243 e. The van der Waals surface area contributed by atoms with Crippen LogP contribution >= 0.6 is 23.2 Å². The summed E-state index contributed by atoms with van der Waals surface area (Å²) in [6.07, 6.45) is 2.51. The molecule has 0 N–H and O–H groups in total. The molecule has 1 amide bonds. The van der Waals surface area contributed by atoms with E-state index < -0.39 is 10.0 Å². The number of carbonyl (C=O) groups excluding carboxylic acids is 1. The van der Waals surface area contributed by atoms with Crippen molar-refractivity contribution in [1.29, 1.82) is 0 Å². The second-order valence-corrected chi connectivity index (χ2v) is 10.3. The monoisotopic (exact) mass is 498 g/mol. The van der Waals surface area contributed by atoms with E-state index in [1.54, 1.807) is 36.5 Å². The van der Waals surface area contributed by atoms with Gasteiger partial charge in [-0.15, -0.1) is 0 Å². The Balaban J connectivity index is 1.52. The number of nitrogens with zero attached hydrogens (tertiary/aromatic N) is 4. The van der Waals surface area contributed by atoms with Crippen LogP contribution in [0.2, 0.25) is 10.0 Å². The van der Waals surface area contributed by atoms with E-state index in [9.17, 15) is 13.2 Å². The Morgan fingerprint density at radius 2 is 1.69 bits per heavy atom. The molecular formula is C22H28Cl2N4O3S. The minimum Gasteiger partial charge on any atom is -0.352 e. The van der Waals surface area contributed by atoms with Gasteiger partial charge in [0, 0.05) is 51.9 Å². The van der Waals surface area contributed by atoms with E-state index in [1.165, 1.54) is 4.31 Å². The highest BCUT2D eigenvalue weighted by atomic mass is 35.5. The lowest BCUT2D eigenvalue weighted by atomic mass is 10.1. The highest BCUT2D eigenvalue weighted by molar-refractivity contribution is 7.89. The number of sulfonamides is 1. The molecule has 0 radical (unpaired) electrons. The minimum absolute atomic E-state index is 0.0830. The quantitative estimate of drug-likeness (QED) is 0.554. The summed E-state index contributed by atoms with van der Waals surface area (Å²) < 4.78 is 26.6. The Morgan fingerprint density at radius 1 is 1.06 bits per heavy atom. The van der Waals surface area contributed by atoms with Crippen molar-refractivity contribution in [3.05, 3.63) is 52.1 Å². The molecule has 0 spiro atoms. The van der Waals surface area contributed by atoms with Gasteiger partial charge >= 0.3 is 0 Å².